The monoisotopic (exact) mass is 361 g/mol. The van der Waals surface area contributed by atoms with Gasteiger partial charge in [-0.15, -0.1) is 0 Å². The van der Waals surface area contributed by atoms with Crippen LogP contribution < -0.4 is 15.4 Å². The van der Waals surface area contributed by atoms with Crippen molar-refractivity contribution in [1.82, 2.24) is 15.6 Å². The van der Waals surface area contributed by atoms with Gasteiger partial charge in [0.25, 0.3) is 5.91 Å². The summed E-state index contributed by atoms with van der Waals surface area (Å²) in [6.07, 6.45) is 1.53. The summed E-state index contributed by atoms with van der Waals surface area (Å²) in [4.78, 5) is 16.2. The highest BCUT2D eigenvalue weighted by Crippen LogP contribution is 2.21. The molecule has 3 rings (SSSR count). The van der Waals surface area contributed by atoms with Crippen molar-refractivity contribution in [2.24, 2.45) is 5.92 Å². The summed E-state index contributed by atoms with van der Waals surface area (Å²) in [5, 5.41) is 6.09. The number of amides is 1. The SMILES string of the molecule is O=C(NCC1CNC1)c1ccc(Oc2ccc(Br)cc2)nc1. The second-order valence-corrected chi connectivity index (χ2v) is 6.09. The smallest absolute Gasteiger partial charge is 0.252 e. The molecule has 5 nitrogen and oxygen atoms in total. The van der Waals surface area contributed by atoms with Crippen molar-refractivity contribution in [3.63, 3.8) is 0 Å². The molecule has 1 aliphatic rings. The lowest BCUT2D eigenvalue weighted by molar-refractivity contribution is 0.0942. The summed E-state index contributed by atoms with van der Waals surface area (Å²) < 4.78 is 6.61. The van der Waals surface area contributed by atoms with Crippen LogP contribution in [0.15, 0.2) is 47.1 Å². The molecule has 0 spiro atoms. The van der Waals surface area contributed by atoms with E-state index in [0.29, 0.717) is 29.7 Å². The first kappa shape index (κ1) is 15.0. The maximum absolute atomic E-state index is 12.0. The molecule has 6 heteroatoms. The number of pyridine rings is 1. The van der Waals surface area contributed by atoms with Crippen LogP contribution in [0.3, 0.4) is 0 Å². The van der Waals surface area contributed by atoms with Crippen LogP contribution in [0, 0.1) is 5.92 Å². The van der Waals surface area contributed by atoms with Crippen molar-refractivity contribution in [2.75, 3.05) is 19.6 Å². The number of halogens is 1. The third-order valence-corrected chi connectivity index (χ3v) is 3.98. The zero-order valence-electron chi connectivity index (χ0n) is 11.9. The Bertz CT molecular complexity index is 639. The van der Waals surface area contributed by atoms with Gasteiger partial charge in [0.15, 0.2) is 0 Å². The van der Waals surface area contributed by atoms with Crippen molar-refractivity contribution in [3.8, 4) is 11.6 Å². The number of hydrogen-bond acceptors (Lipinski definition) is 4. The Kier molecular flexibility index (Phi) is 4.70. The van der Waals surface area contributed by atoms with Gasteiger partial charge in [0.2, 0.25) is 5.88 Å². The lowest BCUT2D eigenvalue weighted by Gasteiger charge is -2.27. The summed E-state index contributed by atoms with van der Waals surface area (Å²) in [7, 11) is 0. The molecule has 1 saturated heterocycles. The topological polar surface area (TPSA) is 63.2 Å². The zero-order valence-corrected chi connectivity index (χ0v) is 13.5. The van der Waals surface area contributed by atoms with Gasteiger partial charge in [-0.3, -0.25) is 4.79 Å². The number of hydrogen-bond donors (Lipinski definition) is 2. The summed E-state index contributed by atoms with van der Waals surface area (Å²) in [5.41, 5.74) is 0.537. The number of carbonyl (C=O) groups is 1. The van der Waals surface area contributed by atoms with Gasteiger partial charge < -0.3 is 15.4 Å². The Morgan fingerprint density at radius 1 is 1.27 bits per heavy atom. The molecule has 0 unspecified atom stereocenters. The van der Waals surface area contributed by atoms with Gasteiger partial charge >= 0.3 is 0 Å². The van der Waals surface area contributed by atoms with Gasteiger partial charge in [-0.2, -0.15) is 0 Å². The second-order valence-electron chi connectivity index (χ2n) is 5.18. The summed E-state index contributed by atoms with van der Waals surface area (Å²) in [5.74, 6) is 1.60. The summed E-state index contributed by atoms with van der Waals surface area (Å²) in [6, 6.07) is 10.9. The third kappa shape index (κ3) is 3.84. The molecule has 2 N–H and O–H groups in total. The van der Waals surface area contributed by atoms with Crippen LogP contribution >= 0.6 is 15.9 Å². The Labute approximate surface area is 137 Å². The number of benzene rings is 1. The maximum atomic E-state index is 12.0. The normalized spacial score (nSPS) is 14.2. The van der Waals surface area contributed by atoms with Crippen LogP contribution in [0.4, 0.5) is 0 Å². The molecule has 1 aromatic carbocycles. The van der Waals surface area contributed by atoms with Gasteiger partial charge in [-0.1, -0.05) is 15.9 Å². The third-order valence-electron chi connectivity index (χ3n) is 3.45. The first-order chi connectivity index (χ1) is 10.7. The van der Waals surface area contributed by atoms with Gasteiger partial charge in [0.1, 0.15) is 5.75 Å². The van der Waals surface area contributed by atoms with Crippen molar-refractivity contribution in [3.05, 3.63) is 52.6 Å². The highest BCUT2D eigenvalue weighted by molar-refractivity contribution is 9.10. The van der Waals surface area contributed by atoms with Crippen LogP contribution in [-0.4, -0.2) is 30.5 Å². The maximum Gasteiger partial charge on any atom is 0.252 e. The van der Waals surface area contributed by atoms with Crippen molar-refractivity contribution >= 4 is 21.8 Å². The first-order valence-corrected chi connectivity index (χ1v) is 7.88. The van der Waals surface area contributed by atoms with E-state index in [1.807, 2.05) is 24.3 Å². The van der Waals surface area contributed by atoms with Crippen molar-refractivity contribution in [2.45, 2.75) is 0 Å². The molecule has 1 amide bonds. The molecular formula is C16H16BrN3O2. The number of nitrogens with one attached hydrogen (secondary N) is 2. The van der Waals surface area contributed by atoms with E-state index in [2.05, 4.69) is 31.5 Å². The van der Waals surface area contributed by atoms with E-state index in [-0.39, 0.29) is 5.91 Å². The summed E-state index contributed by atoms with van der Waals surface area (Å²) >= 11 is 3.37. The molecule has 1 fully saturated rings. The van der Waals surface area contributed by atoms with E-state index < -0.39 is 0 Å². The number of aromatic nitrogens is 1. The molecule has 0 saturated carbocycles. The van der Waals surface area contributed by atoms with E-state index in [9.17, 15) is 4.79 Å². The minimum Gasteiger partial charge on any atom is -0.439 e. The number of carbonyl (C=O) groups excluding carboxylic acids is 1. The molecule has 1 aromatic heterocycles. The Balaban J connectivity index is 1.57. The van der Waals surface area contributed by atoms with Crippen LogP contribution in [0.25, 0.3) is 0 Å². The molecule has 2 aromatic rings. The molecular weight excluding hydrogens is 346 g/mol. The molecule has 0 atom stereocenters. The van der Waals surface area contributed by atoms with Gasteiger partial charge in [0, 0.05) is 42.3 Å². The van der Waals surface area contributed by atoms with Crippen LogP contribution in [0.1, 0.15) is 10.4 Å². The average molecular weight is 362 g/mol. The van der Waals surface area contributed by atoms with Crippen LogP contribution in [-0.2, 0) is 0 Å². The van der Waals surface area contributed by atoms with Crippen molar-refractivity contribution in [1.29, 1.82) is 0 Å². The van der Waals surface area contributed by atoms with Gasteiger partial charge in [-0.25, -0.2) is 4.98 Å². The highest BCUT2D eigenvalue weighted by atomic mass is 79.9. The van der Waals surface area contributed by atoms with Crippen LogP contribution in [0.5, 0.6) is 11.6 Å². The summed E-state index contributed by atoms with van der Waals surface area (Å²) in [6.45, 7) is 2.64. The molecule has 0 aliphatic carbocycles. The Hall–Kier alpha value is -1.92. The van der Waals surface area contributed by atoms with E-state index in [1.165, 1.54) is 6.20 Å². The van der Waals surface area contributed by atoms with E-state index in [1.54, 1.807) is 12.1 Å². The highest BCUT2D eigenvalue weighted by Gasteiger charge is 2.17. The quantitative estimate of drug-likeness (QED) is 0.858. The number of rotatable bonds is 5. The second kappa shape index (κ2) is 6.89. The van der Waals surface area contributed by atoms with E-state index >= 15 is 0 Å². The fourth-order valence-electron chi connectivity index (χ4n) is 2.03. The standard InChI is InChI=1S/C16H16BrN3O2/c17-13-2-4-14(5-3-13)22-15-6-1-12(10-19-15)16(21)20-9-11-7-18-8-11/h1-6,10-11,18H,7-9H2,(H,20,21). The lowest BCUT2D eigenvalue weighted by Crippen LogP contribution is -2.48. The Morgan fingerprint density at radius 2 is 2.05 bits per heavy atom. The largest absolute Gasteiger partial charge is 0.439 e. The average Bonchev–Trinajstić information content (AvgIpc) is 2.49. The van der Waals surface area contributed by atoms with Gasteiger partial charge in [-0.05, 0) is 30.3 Å². The predicted molar refractivity (Wildman–Crippen MR) is 87.1 cm³/mol. The Morgan fingerprint density at radius 3 is 2.64 bits per heavy atom. The van der Waals surface area contributed by atoms with Gasteiger partial charge in [0.05, 0.1) is 5.56 Å². The zero-order chi connectivity index (χ0) is 15.4. The minimum absolute atomic E-state index is 0.102. The number of ether oxygens (including phenoxy) is 1. The minimum atomic E-state index is -0.102. The molecule has 0 radical (unpaired) electrons. The number of nitrogens with zero attached hydrogens (tertiary/aromatic N) is 1. The fraction of sp³-hybridized carbons (Fsp3) is 0.250. The predicted octanol–water partition coefficient (Wildman–Crippen LogP) is 2.59. The first-order valence-electron chi connectivity index (χ1n) is 7.09. The van der Waals surface area contributed by atoms with Crippen molar-refractivity contribution < 1.29 is 9.53 Å². The molecule has 1 aliphatic heterocycles. The molecule has 2 heterocycles. The lowest BCUT2D eigenvalue weighted by atomic mass is 10.0. The molecule has 22 heavy (non-hydrogen) atoms. The van der Waals surface area contributed by atoms with Crippen LogP contribution in [0.2, 0.25) is 0 Å². The van der Waals surface area contributed by atoms with E-state index in [0.717, 1.165) is 17.6 Å². The molecule has 114 valence electrons. The molecule has 0 bridgehead atoms. The fourth-order valence-corrected chi connectivity index (χ4v) is 2.29. The van der Waals surface area contributed by atoms with E-state index in [4.69, 9.17) is 4.74 Å².